The third-order valence-electron chi connectivity index (χ3n) is 3.11. The van der Waals surface area contributed by atoms with Gasteiger partial charge >= 0.3 is 0 Å². The van der Waals surface area contributed by atoms with Crippen LogP contribution in [-0.4, -0.2) is 20.8 Å². The van der Waals surface area contributed by atoms with Crippen molar-refractivity contribution in [2.24, 2.45) is 0 Å². The maximum Gasteiger partial charge on any atom is 0.255 e. The van der Waals surface area contributed by atoms with Crippen molar-refractivity contribution < 1.29 is 14.3 Å². The summed E-state index contributed by atoms with van der Waals surface area (Å²) in [6.45, 7) is 0. The Bertz CT molecular complexity index is 796. The van der Waals surface area contributed by atoms with Gasteiger partial charge < -0.3 is 10.4 Å². The van der Waals surface area contributed by atoms with E-state index in [1.807, 2.05) is 0 Å². The molecule has 1 amide bonds. The highest BCUT2D eigenvalue weighted by Gasteiger charge is 2.13. The zero-order chi connectivity index (χ0) is 15.5. The second kappa shape index (κ2) is 5.69. The maximum absolute atomic E-state index is 13.6. The summed E-state index contributed by atoms with van der Waals surface area (Å²) in [5.74, 6) is -1.54. The lowest BCUT2D eigenvalue weighted by atomic mass is 10.1. The van der Waals surface area contributed by atoms with E-state index in [4.69, 9.17) is 0 Å². The molecule has 0 fully saturated rings. The van der Waals surface area contributed by atoms with Crippen molar-refractivity contribution in [1.82, 2.24) is 9.78 Å². The molecule has 6 heteroatoms. The van der Waals surface area contributed by atoms with Crippen LogP contribution in [0.3, 0.4) is 0 Å². The molecule has 3 rings (SSSR count). The van der Waals surface area contributed by atoms with Crippen LogP contribution in [0, 0.1) is 5.82 Å². The van der Waals surface area contributed by atoms with Gasteiger partial charge in [0, 0.05) is 18.0 Å². The van der Waals surface area contributed by atoms with Crippen LogP contribution in [0.25, 0.3) is 5.69 Å². The lowest BCUT2D eigenvalue weighted by Gasteiger charge is -2.09. The fraction of sp³-hybridized carbons (Fsp3) is 0. The summed E-state index contributed by atoms with van der Waals surface area (Å²) in [5.41, 5.74) is 0.794. The first-order chi connectivity index (χ1) is 10.6. The van der Waals surface area contributed by atoms with Gasteiger partial charge in [-0.05, 0) is 36.4 Å². The number of phenols is 1. The van der Waals surface area contributed by atoms with Gasteiger partial charge in [-0.1, -0.05) is 12.1 Å². The predicted molar refractivity (Wildman–Crippen MR) is 79.6 cm³/mol. The van der Waals surface area contributed by atoms with Crippen LogP contribution in [-0.2, 0) is 0 Å². The molecule has 5 nitrogen and oxygen atoms in total. The minimum atomic E-state index is -0.698. The van der Waals surface area contributed by atoms with Crippen LogP contribution in [0.4, 0.5) is 10.1 Å². The average molecular weight is 297 g/mol. The van der Waals surface area contributed by atoms with E-state index in [-0.39, 0.29) is 11.4 Å². The molecule has 0 atom stereocenters. The summed E-state index contributed by atoms with van der Waals surface area (Å²) in [5, 5.41) is 16.1. The number of nitrogens with zero attached hydrogens (tertiary/aromatic N) is 2. The van der Waals surface area contributed by atoms with Crippen LogP contribution in [0.5, 0.6) is 5.75 Å². The van der Waals surface area contributed by atoms with E-state index in [2.05, 4.69) is 10.4 Å². The molecule has 0 saturated carbocycles. The Morgan fingerprint density at radius 2 is 2.00 bits per heavy atom. The fourth-order valence-electron chi connectivity index (χ4n) is 2.03. The van der Waals surface area contributed by atoms with Gasteiger partial charge in [-0.3, -0.25) is 4.79 Å². The monoisotopic (exact) mass is 297 g/mol. The lowest BCUT2D eigenvalue weighted by molar-refractivity contribution is 0.102. The number of carbonyl (C=O) groups is 1. The molecule has 1 aromatic heterocycles. The lowest BCUT2D eigenvalue weighted by Crippen LogP contribution is -2.13. The third-order valence-corrected chi connectivity index (χ3v) is 3.11. The van der Waals surface area contributed by atoms with E-state index in [1.54, 1.807) is 47.4 Å². The molecule has 0 saturated heterocycles. The van der Waals surface area contributed by atoms with E-state index < -0.39 is 11.7 Å². The Labute approximate surface area is 125 Å². The second-order valence-electron chi connectivity index (χ2n) is 4.59. The molecule has 110 valence electrons. The molecule has 22 heavy (non-hydrogen) atoms. The standard InChI is InChI=1S/C16H12FN3O2/c17-13-6-2-7-14(21)15(13)19-16(22)11-4-1-5-12(10-11)20-9-3-8-18-20/h1-10,21H,(H,19,22). The van der Waals surface area contributed by atoms with Crippen molar-refractivity contribution in [1.29, 1.82) is 0 Å². The van der Waals surface area contributed by atoms with Crippen LogP contribution in [0.2, 0.25) is 0 Å². The van der Waals surface area contributed by atoms with Gasteiger partial charge in [0.2, 0.25) is 0 Å². The van der Waals surface area contributed by atoms with Crippen LogP contribution >= 0.6 is 0 Å². The SMILES string of the molecule is O=C(Nc1c(O)cccc1F)c1cccc(-n2cccn2)c1. The predicted octanol–water partition coefficient (Wildman–Crippen LogP) is 2.97. The molecular weight excluding hydrogens is 285 g/mol. The quantitative estimate of drug-likeness (QED) is 0.730. The Balaban J connectivity index is 1.88. The van der Waals surface area contributed by atoms with Gasteiger partial charge in [-0.2, -0.15) is 5.10 Å². The molecule has 0 aliphatic carbocycles. The van der Waals surface area contributed by atoms with E-state index >= 15 is 0 Å². The number of hydrogen-bond acceptors (Lipinski definition) is 3. The smallest absolute Gasteiger partial charge is 0.255 e. The third kappa shape index (κ3) is 2.67. The number of aromatic hydroxyl groups is 1. The summed E-state index contributed by atoms with van der Waals surface area (Å²) in [6, 6.07) is 12.3. The first-order valence-electron chi connectivity index (χ1n) is 6.54. The number of anilines is 1. The normalized spacial score (nSPS) is 10.4. The Morgan fingerprint density at radius 3 is 2.73 bits per heavy atom. The molecule has 2 N–H and O–H groups in total. The number of carbonyl (C=O) groups excluding carboxylic acids is 1. The molecule has 0 spiro atoms. The van der Waals surface area contributed by atoms with Gasteiger partial charge in [-0.15, -0.1) is 0 Å². The summed E-state index contributed by atoms with van der Waals surface area (Å²) in [6.07, 6.45) is 3.38. The Morgan fingerprint density at radius 1 is 1.18 bits per heavy atom. The number of hydrogen-bond donors (Lipinski definition) is 2. The van der Waals surface area contributed by atoms with Crippen molar-refractivity contribution in [3.63, 3.8) is 0 Å². The molecular formula is C16H12FN3O2. The van der Waals surface area contributed by atoms with Crippen molar-refractivity contribution in [2.75, 3.05) is 5.32 Å². The van der Waals surface area contributed by atoms with E-state index in [0.29, 0.717) is 11.3 Å². The molecule has 0 radical (unpaired) electrons. The molecule has 0 bridgehead atoms. The zero-order valence-electron chi connectivity index (χ0n) is 11.4. The van der Waals surface area contributed by atoms with Crippen molar-refractivity contribution in [2.45, 2.75) is 0 Å². The summed E-state index contributed by atoms with van der Waals surface area (Å²) in [7, 11) is 0. The topological polar surface area (TPSA) is 67.2 Å². The summed E-state index contributed by atoms with van der Waals surface area (Å²) >= 11 is 0. The van der Waals surface area contributed by atoms with Crippen LogP contribution < -0.4 is 5.32 Å². The fourth-order valence-corrected chi connectivity index (χ4v) is 2.03. The van der Waals surface area contributed by atoms with E-state index in [1.165, 1.54) is 12.1 Å². The minimum absolute atomic E-state index is 0.239. The first-order valence-corrected chi connectivity index (χ1v) is 6.54. The summed E-state index contributed by atoms with van der Waals surface area (Å²) < 4.78 is 15.2. The van der Waals surface area contributed by atoms with Crippen molar-refractivity contribution in [3.8, 4) is 11.4 Å². The zero-order valence-corrected chi connectivity index (χ0v) is 11.4. The largest absolute Gasteiger partial charge is 0.506 e. The summed E-state index contributed by atoms with van der Waals surface area (Å²) in [4.78, 5) is 12.2. The molecule has 1 heterocycles. The van der Waals surface area contributed by atoms with E-state index in [0.717, 1.165) is 6.07 Å². The van der Waals surface area contributed by atoms with Crippen LogP contribution in [0.15, 0.2) is 60.9 Å². The van der Waals surface area contributed by atoms with Gasteiger partial charge in [0.15, 0.2) is 5.82 Å². The number of benzene rings is 2. The minimum Gasteiger partial charge on any atom is -0.506 e. The first kappa shape index (κ1) is 13.8. The molecule has 0 aliphatic heterocycles. The highest BCUT2D eigenvalue weighted by atomic mass is 19.1. The highest BCUT2D eigenvalue weighted by Crippen LogP contribution is 2.26. The average Bonchev–Trinajstić information content (AvgIpc) is 3.05. The van der Waals surface area contributed by atoms with Crippen molar-refractivity contribution >= 4 is 11.6 Å². The number of halogens is 1. The Hall–Kier alpha value is -3.15. The number of amides is 1. The number of rotatable bonds is 3. The molecule has 0 unspecified atom stereocenters. The van der Waals surface area contributed by atoms with Gasteiger partial charge in [0.05, 0.1) is 5.69 Å². The number of phenolic OH excluding ortho intramolecular Hbond substituents is 1. The number of para-hydroxylation sites is 1. The molecule has 2 aromatic carbocycles. The van der Waals surface area contributed by atoms with Crippen molar-refractivity contribution in [3.05, 3.63) is 72.3 Å². The number of nitrogens with one attached hydrogen (secondary N) is 1. The van der Waals surface area contributed by atoms with Gasteiger partial charge in [0.1, 0.15) is 11.4 Å². The highest BCUT2D eigenvalue weighted by molar-refractivity contribution is 6.05. The molecule has 0 aliphatic rings. The Kier molecular flexibility index (Phi) is 3.57. The molecule has 3 aromatic rings. The number of aromatic nitrogens is 2. The van der Waals surface area contributed by atoms with Crippen LogP contribution in [0.1, 0.15) is 10.4 Å². The second-order valence-corrected chi connectivity index (χ2v) is 4.59. The maximum atomic E-state index is 13.6. The van der Waals surface area contributed by atoms with Gasteiger partial charge in [-0.25, -0.2) is 9.07 Å². The van der Waals surface area contributed by atoms with Gasteiger partial charge in [0.25, 0.3) is 5.91 Å². The van der Waals surface area contributed by atoms with E-state index in [9.17, 15) is 14.3 Å².